The molecule has 0 bridgehead atoms. The lowest BCUT2D eigenvalue weighted by molar-refractivity contribution is -0.113. The topological polar surface area (TPSA) is 55.5 Å². The molecule has 0 radical (unpaired) electrons. The first kappa shape index (κ1) is 18.9. The molecule has 2 aliphatic heterocycles. The predicted octanol–water partition coefficient (Wildman–Crippen LogP) is 3.74. The molecule has 3 aromatic rings. The van der Waals surface area contributed by atoms with Crippen molar-refractivity contribution in [2.24, 2.45) is 0 Å². The minimum Gasteiger partial charge on any atom is -0.369 e. The fourth-order valence-corrected chi connectivity index (χ4v) is 4.54. The summed E-state index contributed by atoms with van der Waals surface area (Å²) in [6.45, 7) is 6.39. The van der Waals surface area contributed by atoms with Crippen LogP contribution < -0.4 is 9.80 Å². The number of amides is 1. The van der Waals surface area contributed by atoms with E-state index in [1.165, 1.54) is 5.69 Å². The van der Waals surface area contributed by atoms with Crippen molar-refractivity contribution in [2.75, 3.05) is 43.0 Å². The zero-order valence-electron chi connectivity index (χ0n) is 17.5. The Kier molecular flexibility index (Phi) is 4.79. The maximum absolute atomic E-state index is 13.0. The van der Waals surface area contributed by atoms with Crippen molar-refractivity contribution >= 4 is 28.3 Å². The van der Waals surface area contributed by atoms with Crippen LogP contribution in [0.3, 0.4) is 0 Å². The molecular weight excluding hydrogens is 374 g/mol. The van der Waals surface area contributed by atoms with E-state index in [0.29, 0.717) is 0 Å². The molecule has 1 unspecified atom stereocenters. The molecule has 6 nitrogen and oxygen atoms in total. The van der Waals surface area contributed by atoms with E-state index < -0.39 is 0 Å². The highest BCUT2D eigenvalue weighted by molar-refractivity contribution is 6.06. The third-order valence-corrected chi connectivity index (χ3v) is 6.32. The number of carbonyl (C=O) groups is 1. The molecule has 1 saturated heterocycles. The van der Waals surface area contributed by atoms with E-state index in [-0.39, 0.29) is 11.9 Å². The van der Waals surface area contributed by atoms with Gasteiger partial charge in [0.2, 0.25) is 0 Å². The van der Waals surface area contributed by atoms with Crippen LogP contribution in [0.2, 0.25) is 0 Å². The molecule has 154 valence electrons. The summed E-state index contributed by atoms with van der Waals surface area (Å²) in [5, 5.41) is 0. The third-order valence-electron chi connectivity index (χ3n) is 6.32. The number of aromatic nitrogens is 2. The number of nitrogens with one attached hydrogen (secondary N) is 1. The number of hydrogen-bond acceptors (Lipinski definition) is 4. The monoisotopic (exact) mass is 401 g/mol. The third kappa shape index (κ3) is 3.27. The minimum absolute atomic E-state index is 0.0406. The summed E-state index contributed by atoms with van der Waals surface area (Å²) < 4.78 is 0. The Morgan fingerprint density at radius 2 is 1.77 bits per heavy atom. The smallest absolute Gasteiger partial charge is 0.251 e. The second-order valence-electron chi connectivity index (χ2n) is 8.17. The van der Waals surface area contributed by atoms with Gasteiger partial charge in [0.1, 0.15) is 0 Å². The molecule has 3 heterocycles. The average Bonchev–Trinajstić information content (AvgIpc) is 3.37. The molecule has 1 fully saturated rings. The summed E-state index contributed by atoms with van der Waals surface area (Å²) in [5.41, 5.74) is 6.29. The first-order valence-corrected chi connectivity index (χ1v) is 10.6. The lowest BCUT2D eigenvalue weighted by Crippen LogP contribution is -2.44. The van der Waals surface area contributed by atoms with Crippen LogP contribution in [-0.4, -0.2) is 54.0 Å². The van der Waals surface area contributed by atoms with Gasteiger partial charge in [-0.1, -0.05) is 19.1 Å². The van der Waals surface area contributed by atoms with E-state index in [9.17, 15) is 4.79 Å². The van der Waals surface area contributed by atoms with Crippen LogP contribution in [0.1, 0.15) is 24.9 Å². The van der Waals surface area contributed by atoms with E-state index in [1.807, 2.05) is 23.1 Å². The SMILES string of the molecule is CCC1=CC(=O)N(c2ccc3nc[nH]c3c2)C1c1ccc(N2CCN(C)CC2)cc1. The number of anilines is 2. The van der Waals surface area contributed by atoms with Gasteiger partial charge in [-0.3, -0.25) is 9.69 Å². The van der Waals surface area contributed by atoms with Gasteiger partial charge in [0.15, 0.2) is 0 Å². The van der Waals surface area contributed by atoms with Crippen molar-refractivity contribution < 1.29 is 4.79 Å². The summed E-state index contributed by atoms with van der Waals surface area (Å²) in [7, 11) is 2.17. The molecule has 2 aliphatic rings. The molecule has 5 rings (SSSR count). The van der Waals surface area contributed by atoms with Gasteiger partial charge in [0.25, 0.3) is 5.91 Å². The number of nitrogens with zero attached hydrogens (tertiary/aromatic N) is 4. The van der Waals surface area contributed by atoms with Crippen LogP contribution in [0.25, 0.3) is 11.0 Å². The van der Waals surface area contributed by atoms with Crippen molar-refractivity contribution in [1.29, 1.82) is 0 Å². The van der Waals surface area contributed by atoms with Crippen molar-refractivity contribution in [3.63, 3.8) is 0 Å². The minimum atomic E-state index is -0.0654. The highest BCUT2D eigenvalue weighted by Gasteiger charge is 2.34. The number of likely N-dealkylation sites (N-methyl/N-ethyl adjacent to an activating group) is 1. The highest BCUT2D eigenvalue weighted by atomic mass is 16.2. The zero-order valence-corrected chi connectivity index (χ0v) is 17.5. The lowest BCUT2D eigenvalue weighted by atomic mass is 9.97. The van der Waals surface area contributed by atoms with Gasteiger partial charge in [0.05, 0.1) is 23.4 Å². The Hall–Kier alpha value is -3.12. The van der Waals surface area contributed by atoms with Gasteiger partial charge >= 0.3 is 0 Å². The Morgan fingerprint density at radius 3 is 2.50 bits per heavy atom. The fraction of sp³-hybridized carbons (Fsp3) is 0.333. The summed E-state index contributed by atoms with van der Waals surface area (Å²) >= 11 is 0. The number of imidazole rings is 1. The first-order chi connectivity index (χ1) is 14.6. The van der Waals surface area contributed by atoms with Gasteiger partial charge < -0.3 is 14.8 Å². The van der Waals surface area contributed by atoms with Gasteiger partial charge in [0, 0.05) is 43.6 Å². The average molecular weight is 402 g/mol. The van der Waals surface area contributed by atoms with E-state index in [2.05, 4.69) is 58.0 Å². The van der Waals surface area contributed by atoms with Gasteiger partial charge in [-0.25, -0.2) is 4.98 Å². The van der Waals surface area contributed by atoms with E-state index >= 15 is 0 Å². The van der Waals surface area contributed by atoms with E-state index in [4.69, 9.17) is 0 Å². The number of piperazine rings is 1. The first-order valence-electron chi connectivity index (χ1n) is 10.6. The van der Waals surface area contributed by atoms with Gasteiger partial charge in [-0.15, -0.1) is 0 Å². The number of carbonyl (C=O) groups excluding carboxylic acids is 1. The largest absolute Gasteiger partial charge is 0.369 e. The number of hydrogen-bond donors (Lipinski definition) is 1. The van der Waals surface area contributed by atoms with Crippen molar-refractivity contribution in [3.05, 3.63) is 66.0 Å². The summed E-state index contributed by atoms with van der Waals surface area (Å²) in [6.07, 6.45) is 4.33. The summed E-state index contributed by atoms with van der Waals surface area (Å²) in [4.78, 5) is 27.1. The molecule has 1 N–H and O–H groups in total. The van der Waals surface area contributed by atoms with Crippen LogP contribution in [0.5, 0.6) is 0 Å². The number of aromatic amines is 1. The molecule has 0 aliphatic carbocycles. The molecule has 0 spiro atoms. The van der Waals surface area contributed by atoms with Crippen molar-refractivity contribution in [1.82, 2.24) is 14.9 Å². The van der Waals surface area contributed by atoms with Gasteiger partial charge in [-0.05, 0) is 54.9 Å². The quantitative estimate of drug-likeness (QED) is 0.724. The molecular formula is C24H27N5O. The van der Waals surface area contributed by atoms with E-state index in [0.717, 1.165) is 60.5 Å². The molecule has 2 aromatic carbocycles. The van der Waals surface area contributed by atoms with E-state index in [1.54, 1.807) is 12.4 Å². The highest BCUT2D eigenvalue weighted by Crippen LogP contribution is 2.40. The van der Waals surface area contributed by atoms with Crippen LogP contribution in [0, 0.1) is 0 Å². The Bertz CT molecular complexity index is 1090. The maximum Gasteiger partial charge on any atom is 0.251 e. The molecule has 1 amide bonds. The second kappa shape index (κ2) is 7.61. The van der Waals surface area contributed by atoms with Crippen molar-refractivity contribution in [3.8, 4) is 0 Å². The Balaban J connectivity index is 1.46. The second-order valence-corrected chi connectivity index (χ2v) is 8.17. The number of rotatable bonds is 4. The molecule has 6 heteroatoms. The van der Waals surface area contributed by atoms with Crippen LogP contribution in [0.15, 0.2) is 60.4 Å². The normalized spacial score (nSPS) is 20.3. The molecule has 0 saturated carbocycles. The standard InChI is InChI=1S/C24H27N5O/c1-3-17-14-23(30)29(20-8-9-21-22(15-20)26-16-25-21)24(17)18-4-6-19(7-5-18)28-12-10-27(2)11-13-28/h4-9,14-16,24H,3,10-13H2,1-2H3,(H,25,26). The number of fused-ring (bicyclic) bond motifs is 1. The summed E-state index contributed by atoms with van der Waals surface area (Å²) in [6, 6.07) is 14.7. The van der Waals surface area contributed by atoms with Crippen LogP contribution >= 0.6 is 0 Å². The number of benzene rings is 2. The molecule has 1 atom stereocenters. The summed E-state index contributed by atoms with van der Waals surface area (Å²) in [5.74, 6) is 0.0406. The lowest BCUT2D eigenvalue weighted by Gasteiger charge is -2.34. The Labute approximate surface area is 176 Å². The zero-order chi connectivity index (χ0) is 20.7. The molecule has 1 aromatic heterocycles. The maximum atomic E-state index is 13.0. The van der Waals surface area contributed by atoms with Crippen LogP contribution in [-0.2, 0) is 4.79 Å². The fourth-order valence-electron chi connectivity index (χ4n) is 4.54. The van der Waals surface area contributed by atoms with Crippen molar-refractivity contribution in [2.45, 2.75) is 19.4 Å². The Morgan fingerprint density at radius 1 is 1.03 bits per heavy atom. The van der Waals surface area contributed by atoms with Crippen LogP contribution in [0.4, 0.5) is 11.4 Å². The number of H-pyrrole nitrogens is 1. The molecule has 30 heavy (non-hydrogen) atoms. The predicted molar refractivity (Wildman–Crippen MR) is 121 cm³/mol. The van der Waals surface area contributed by atoms with Gasteiger partial charge in [-0.2, -0.15) is 0 Å².